The summed E-state index contributed by atoms with van der Waals surface area (Å²) in [6.07, 6.45) is 6.78. The van der Waals surface area contributed by atoms with Gasteiger partial charge in [-0.3, -0.25) is 0 Å². The average molecular weight is 287 g/mol. The monoisotopic (exact) mass is 287 g/mol. The summed E-state index contributed by atoms with van der Waals surface area (Å²) in [4.78, 5) is 2.16. The minimum atomic E-state index is 0.643. The van der Waals surface area contributed by atoms with E-state index in [1.807, 2.05) is 0 Å². The largest absolute Gasteiger partial charge is 0.382 e. The molecule has 0 spiro atoms. The number of rotatable bonds is 4. The molecule has 1 saturated carbocycles. The predicted molar refractivity (Wildman–Crippen MR) is 91.3 cm³/mol. The average Bonchev–Trinajstić information content (AvgIpc) is 3.11. The third kappa shape index (κ3) is 3.18. The third-order valence-electron chi connectivity index (χ3n) is 5.25. The van der Waals surface area contributed by atoms with E-state index in [9.17, 15) is 0 Å². The Hall–Kier alpha value is -1.22. The van der Waals surface area contributed by atoms with Crippen LogP contribution >= 0.6 is 0 Å². The summed E-state index contributed by atoms with van der Waals surface area (Å²) in [6.45, 7) is 3.43. The molecule has 3 heteroatoms. The van der Waals surface area contributed by atoms with Gasteiger partial charge in [0.05, 0.1) is 0 Å². The highest BCUT2D eigenvalue weighted by Crippen LogP contribution is 2.34. The lowest BCUT2D eigenvalue weighted by molar-refractivity contribution is 0.376. The first-order chi connectivity index (χ1) is 10.1. The molecule has 21 heavy (non-hydrogen) atoms. The molecule has 1 aliphatic carbocycles. The molecule has 116 valence electrons. The van der Waals surface area contributed by atoms with Crippen LogP contribution in [0.25, 0.3) is 0 Å². The molecule has 0 amide bonds. The molecule has 3 rings (SSSR count). The predicted octanol–water partition coefficient (Wildman–Crippen LogP) is 3.39. The van der Waals surface area contributed by atoms with Crippen molar-refractivity contribution in [2.24, 2.45) is 5.92 Å². The van der Waals surface area contributed by atoms with Crippen LogP contribution in [0.2, 0.25) is 0 Å². The molecule has 3 unspecified atom stereocenters. The number of nitrogens with one attached hydrogen (secondary N) is 2. The molecule has 0 bridgehead atoms. The Balaban J connectivity index is 1.70. The van der Waals surface area contributed by atoms with Crippen LogP contribution < -0.4 is 15.5 Å². The molecule has 1 saturated heterocycles. The first-order valence-corrected chi connectivity index (χ1v) is 8.43. The fourth-order valence-corrected chi connectivity index (χ4v) is 4.01. The first-order valence-electron chi connectivity index (χ1n) is 8.43. The van der Waals surface area contributed by atoms with E-state index in [0.29, 0.717) is 6.04 Å². The normalized spacial score (nSPS) is 28.8. The van der Waals surface area contributed by atoms with Crippen LogP contribution in [0.1, 0.15) is 37.7 Å². The van der Waals surface area contributed by atoms with E-state index >= 15 is 0 Å². The van der Waals surface area contributed by atoms with E-state index < -0.39 is 0 Å². The number of hydrogen-bond donors (Lipinski definition) is 2. The number of anilines is 2. The van der Waals surface area contributed by atoms with Crippen LogP contribution in [0.3, 0.4) is 0 Å². The lowest BCUT2D eigenvalue weighted by Gasteiger charge is -2.28. The van der Waals surface area contributed by atoms with Crippen molar-refractivity contribution in [1.29, 1.82) is 0 Å². The van der Waals surface area contributed by atoms with Crippen molar-refractivity contribution in [3.05, 3.63) is 23.8 Å². The van der Waals surface area contributed by atoms with Gasteiger partial charge in [0.2, 0.25) is 0 Å². The zero-order chi connectivity index (χ0) is 14.8. The lowest BCUT2D eigenvalue weighted by Crippen LogP contribution is -2.38. The van der Waals surface area contributed by atoms with Crippen molar-refractivity contribution in [2.45, 2.75) is 51.1 Å². The third-order valence-corrected chi connectivity index (χ3v) is 5.25. The molecular weight excluding hydrogens is 258 g/mol. The zero-order valence-corrected chi connectivity index (χ0v) is 13.7. The van der Waals surface area contributed by atoms with Crippen LogP contribution in [-0.4, -0.2) is 32.7 Å². The number of nitrogens with zero attached hydrogens (tertiary/aromatic N) is 1. The van der Waals surface area contributed by atoms with Gasteiger partial charge in [-0.25, -0.2) is 0 Å². The standard InChI is InChI=1S/C18H29N3/c1-13-12-14(21(2)3)9-10-16(13)20-18-7-4-6-15(18)17-8-5-11-19-17/h9-10,12,15,17-20H,4-8,11H2,1-3H3. The van der Waals surface area contributed by atoms with Gasteiger partial charge in [-0.05, 0) is 68.8 Å². The fraction of sp³-hybridized carbons (Fsp3) is 0.667. The van der Waals surface area contributed by atoms with Gasteiger partial charge in [0.1, 0.15) is 0 Å². The molecule has 1 heterocycles. The Morgan fingerprint density at radius 3 is 2.67 bits per heavy atom. The second kappa shape index (κ2) is 6.27. The van der Waals surface area contributed by atoms with Crippen molar-refractivity contribution in [3.8, 4) is 0 Å². The molecule has 2 fully saturated rings. The molecule has 3 atom stereocenters. The van der Waals surface area contributed by atoms with Gasteiger partial charge in [-0.1, -0.05) is 6.42 Å². The van der Waals surface area contributed by atoms with Gasteiger partial charge >= 0.3 is 0 Å². The minimum absolute atomic E-state index is 0.643. The highest BCUT2D eigenvalue weighted by Gasteiger charge is 2.34. The van der Waals surface area contributed by atoms with Gasteiger partial charge in [0, 0.05) is 37.6 Å². The van der Waals surface area contributed by atoms with Crippen LogP contribution in [-0.2, 0) is 0 Å². The Bertz CT molecular complexity index is 477. The molecule has 3 nitrogen and oxygen atoms in total. The highest BCUT2D eigenvalue weighted by atomic mass is 15.1. The van der Waals surface area contributed by atoms with E-state index in [1.54, 1.807) is 0 Å². The summed E-state index contributed by atoms with van der Waals surface area (Å²) in [5.41, 5.74) is 3.94. The van der Waals surface area contributed by atoms with Gasteiger partial charge in [0.25, 0.3) is 0 Å². The number of benzene rings is 1. The SMILES string of the molecule is Cc1cc(N(C)C)ccc1NC1CCCC1C1CCCN1. The maximum atomic E-state index is 3.84. The van der Waals surface area contributed by atoms with Gasteiger partial charge < -0.3 is 15.5 Å². The highest BCUT2D eigenvalue weighted by molar-refractivity contribution is 5.60. The smallest absolute Gasteiger partial charge is 0.0373 e. The number of aryl methyl sites for hydroxylation is 1. The Labute approximate surface area is 129 Å². The maximum Gasteiger partial charge on any atom is 0.0373 e. The molecule has 0 radical (unpaired) electrons. The van der Waals surface area contributed by atoms with E-state index in [0.717, 1.165) is 12.0 Å². The fourth-order valence-electron chi connectivity index (χ4n) is 4.01. The van der Waals surface area contributed by atoms with Crippen LogP contribution in [0.5, 0.6) is 0 Å². The molecule has 1 aliphatic heterocycles. The van der Waals surface area contributed by atoms with Crippen LogP contribution in [0, 0.1) is 12.8 Å². The summed E-state index contributed by atoms with van der Waals surface area (Å²) in [7, 11) is 4.20. The first kappa shape index (κ1) is 14.7. The van der Waals surface area contributed by atoms with E-state index in [-0.39, 0.29) is 0 Å². The van der Waals surface area contributed by atoms with Crippen LogP contribution in [0.4, 0.5) is 11.4 Å². The summed E-state index contributed by atoms with van der Waals surface area (Å²) in [5.74, 6) is 0.806. The molecule has 2 N–H and O–H groups in total. The molecule has 1 aromatic rings. The van der Waals surface area contributed by atoms with Crippen molar-refractivity contribution < 1.29 is 0 Å². The second-order valence-electron chi connectivity index (χ2n) is 6.94. The Kier molecular flexibility index (Phi) is 4.39. The maximum absolute atomic E-state index is 3.84. The quantitative estimate of drug-likeness (QED) is 0.889. The zero-order valence-electron chi connectivity index (χ0n) is 13.7. The summed E-state index contributed by atoms with van der Waals surface area (Å²) < 4.78 is 0. The lowest BCUT2D eigenvalue weighted by atomic mass is 9.92. The number of hydrogen-bond acceptors (Lipinski definition) is 3. The topological polar surface area (TPSA) is 27.3 Å². The van der Waals surface area contributed by atoms with Crippen molar-refractivity contribution >= 4 is 11.4 Å². The Morgan fingerprint density at radius 2 is 2.00 bits per heavy atom. The summed E-state index contributed by atoms with van der Waals surface area (Å²) in [6, 6.07) is 8.13. The summed E-state index contributed by atoms with van der Waals surface area (Å²) in [5, 5.41) is 7.55. The van der Waals surface area contributed by atoms with E-state index in [2.05, 4.69) is 54.8 Å². The van der Waals surface area contributed by atoms with Gasteiger partial charge in [0.15, 0.2) is 0 Å². The van der Waals surface area contributed by atoms with E-state index in [1.165, 1.54) is 55.6 Å². The molecule has 0 aromatic heterocycles. The van der Waals surface area contributed by atoms with Crippen molar-refractivity contribution in [3.63, 3.8) is 0 Å². The van der Waals surface area contributed by atoms with Crippen molar-refractivity contribution in [2.75, 3.05) is 30.9 Å². The van der Waals surface area contributed by atoms with Gasteiger partial charge in [-0.2, -0.15) is 0 Å². The van der Waals surface area contributed by atoms with Crippen molar-refractivity contribution in [1.82, 2.24) is 5.32 Å². The minimum Gasteiger partial charge on any atom is -0.382 e. The van der Waals surface area contributed by atoms with Crippen LogP contribution in [0.15, 0.2) is 18.2 Å². The molecule has 1 aromatic carbocycles. The summed E-state index contributed by atoms with van der Waals surface area (Å²) >= 11 is 0. The molecular formula is C18H29N3. The van der Waals surface area contributed by atoms with E-state index in [4.69, 9.17) is 0 Å². The second-order valence-corrected chi connectivity index (χ2v) is 6.94. The van der Waals surface area contributed by atoms with Gasteiger partial charge in [-0.15, -0.1) is 0 Å². The Morgan fingerprint density at radius 1 is 1.14 bits per heavy atom. The molecule has 2 aliphatic rings.